The molecule has 1 aromatic rings. The predicted molar refractivity (Wildman–Crippen MR) is 68.6 cm³/mol. The molecule has 0 saturated carbocycles. The summed E-state index contributed by atoms with van der Waals surface area (Å²) < 4.78 is 1.75. The Hall–Kier alpha value is -1.36. The fraction of sp³-hybridized carbons (Fsp3) is 0.667. The molecular weight excluding hydrogens is 216 g/mol. The summed E-state index contributed by atoms with van der Waals surface area (Å²) >= 11 is 0. The van der Waals surface area contributed by atoms with Gasteiger partial charge >= 0.3 is 0 Å². The Kier molecular flexibility index (Phi) is 4.69. The minimum Gasteiger partial charge on any atom is -0.329 e. The lowest BCUT2D eigenvalue weighted by atomic mass is 9.81. The molecule has 3 N–H and O–H groups in total. The van der Waals surface area contributed by atoms with Gasteiger partial charge in [0.1, 0.15) is 5.82 Å². The zero-order valence-electron chi connectivity index (χ0n) is 10.9. The number of carbonyl (C=O) groups excluding carboxylic acids is 1. The van der Waals surface area contributed by atoms with E-state index >= 15 is 0 Å². The van der Waals surface area contributed by atoms with Crippen LogP contribution in [0.3, 0.4) is 0 Å². The molecule has 0 aliphatic rings. The van der Waals surface area contributed by atoms with Gasteiger partial charge in [0, 0.05) is 19.2 Å². The molecule has 1 rings (SSSR count). The maximum absolute atomic E-state index is 12.3. The average molecular weight is 238 g/mol. The molecule has 0 bridgehead atoms. The van der Waals surface area contributed by atoms with E-state index in [1.54, 1.807) is 16.9 Å². The molecular formula is C12H22N4O. The van der Waals surface area contributed by atoms with Crippen molar-refractivity contribution in [1.82, 2.24) is 9.78 Å². The van der Waals surface area contributed by atoms with Crippen LogP contribution in [-0.2, 0) is 11.3 Å². The topological polar surface area (TPSA) is 72.9 Å². The second-order valence-electron chi connectivity index (χ2n) is 4.18. The second kappa shape index (κ2) is 5.82. The first kappa shape index (κ1) is 13.7. The van der Waals surface area contributed by atoms with Gasteiger partial charge in [0.2, 0.25) is 5.91 Å². The monoisotopic (exact) mass is 238 g/mol. The minimum absolute atomic E-state index is 0.0137. The van der Waals surface area contributed by atoms with Gasteiger partial charge in [-0.1, -0.05) is 13.8 Å². The molecule has 0 aliphatic heterocycles. The van der Waals surface area contributed by atoms with Crippen LogP contribution in [0, 0.1) is 5.41 Å². The predicted octanol–water partition coefficient (Wildman–Crippen LogP) is 1.61. The van der Waals surface area contributed by atoms with Crippen molar-refractivity contribution >= 4 is 11.7 Å². The first-order valence-corrected chi connectivity index (χ1v) is 6.16. The Morgan fingerprint density at radius 2 is 2.12 bits per heavy atom. The van der Waals surface area contributed by atoms with E-state index in [0.29, 0.717) is 6.54 Å². The second-order valence-corrected chi connectivity index (χ2v) is 4.18. The number of hydrogen-bond donors (Lipinski definition) is 2. The number of aromatic nitrogens is 2. The quantitative estimate of drug-likeness (QED) is 0.790. The summed E-state index contributed by atoms with van der Waals surface area (Å²) in [6.45, 7) is 7.07. The third kappa shape index (κ3) is 2.66. The highest BCUT2D eigenvalue weighted by Gasteiger charge is 2.33. The van der Waals surface area contributed by atoms with Crippen molar-refractivity contribution in [3.05, 3.63) is 12.3 Å². The van der Waals surface area contributed by atoms with Crippen molar-refractivity contribution in [2.75, 3.05) is 11.9 Å². The molecule has 5 heteroatoms. The van der Waals surface area contributed by atoms with Crippen molar-refractivity contribution < 1.29 is 4.79 Å². The van der Waals surface area contributed by atoms with E-state index in [9.17, 15) is 4.79 Å². The maximum Gasteiger partial charge on any atom is 0.232 e. The average Bonchev–Trinajstić information content (AvgIpc) is 2.79. The Balaban J connectivity index is 2.84. The number of amides is 1. The molecule has 1 heterocycles. The molecule has 0 atom stereocenters. The highest BCUT2D eigenvalue weighted by atomic mass is 16.2. The number of carbonyl (C=O) groups is 1. The van der Waals surface area contributed by atoms with Gasteiger partial charge in [-0.15, -0.1) is 0 Å². The van der Waals surface area contributed by atoms with E-state index in [1.807, 2.05) is 20.8 Å². The first-order valence-electron chi connectivity index (χ1n) is 6.16. The Morgan fingerprint density at radius 3 is 2.59 bits per heavy atom. The highest BCUT2D eigenvalue weighted by Crippen LogP contribution is 2.26. The van der Waals surface area contributed by atoms with Gasteiger partial charge in [0.15, 0.2) is 0 Å². The minimum atomic E-state index is -0.469. The van der Waals surface area contributed by atoms with E-state index < -0.39 is 5.41 Å². The summed E-state index contributed by atoms with van der Waals surface area (Å²) in [5.41, 5.74) is 5.28. The van der Waals surface area contributed by atoms with Crippen LogP contribution in [0.15, 0.2) is 12.3 Å². The first-order chi connectivity index (χ1) is 8.13. The highest BCUT2D eigenvalue weighted by molar-refractivity contribution is 5.94. The van der Waals surface area contributed by atoms with Crippen LogP contribution >= 0.6 is 0 Å². The summed E-state index contributed by atoms with van der Waals surface area (Å²) in [6.07, 6.45) is 3.17. The van der Waals surface area contributed by atoms with Crippen molar-refractivity contribution in [2.24, 2.45) is 11.1 Å². The van der Waals surface area contributed by atoms with Crippen LogP contribution in [0.4, 0.5) is 5.82 Å². The van der Waals surface area contributed by atoms with Crippen LogP contribution in [0.5, 0.6) is 0 Å². The number of rotatable bonds is 6. The van der Waals surface area contributed by atoms with E-state index in [4.69, 9.17) is 5.73 Å². The lowest BCUT2D eigenvalue weighted by molar-refractivity contribution is -0.125. The van der Waals surface area contributed by atoms with E-state index in [1.165, 1.54) is 0 Å². The van der Waals surface area contributed by atoms with Crippen LogP contribution in [0.25, 0.3) is 0 Å². The van der Waals surface area contributed by atoms with Gasteiger partial charge in [0.05, 0.1) is 11.6 Å². The summed E-state index contributed by atoms with van der Waals surface area (Å²) in [4.78, 5) is 12.3. The standard InChI is InChI=1S/C12H22N4O/c1-4-12(5-2,9-13)11(17)15-10-7-8-14-16(10)6-3/h7-8H,4-6,9,13H2,1-3H3,(H,15,17). The lowest BCUT2D eigenvalue weighted by Crippen LogP contribution is -2.41. The molecule has 17 heavy (non-hydrogen) atoms. The number of nitrogens with one attached hydrogen (secondary N) is 1. The Labute approximate surface area is 102 Å². The third-order valence-electron chi connectivity index (χ3n) is 3.48. The van der Waals surface area contributed by atoms with Crippen molar-refractivity contribution in [3.8, 4) is 0 Å². The van der Waals surface area contributed by atoms with E-state index in [-0.39, 0.29) is 5.91 Å². The summed E-state index contributed by atoms with van der Waals surface area (Å²) in [5, 5.41) is 7.03. The fourth-order valence-corrected chi connectivity index (χ4v) is 1.89. The molecule has 0 saturated heterocycles. The number of nitrogens with zero attached hydrogens (tertiary/aromatic N) is 2. The summed E-state index contributed by atoms with van der Waals surface area (Å²) in [6, 6.07) is 1.80. The SMILES string of the molecule is CCn1nccc1NC(=O)C(CC)(CC)CN. The molecule has 0 unspecified atom stereocenters. The largest absolute Gasteiger partial charge is 0.329 e. The number of anilines is 1. The molecule has 0 aliphatic carbocycles. The van der Waals surface area contributed by atoms with Crippen molar-refractivity contribution in [2.45, 2.75) is 40.2 Å². The smallest absolute Gasteiger partial charge is 0.232 e. The zero-order chi connectivity index (χ0) is 12.9. The number of hydrogen-bond acceptors (Lipinski definition) is 3. The van der Waals surface area contributed by atoms with E-state index in [2.05, 4.69) is 10.4 Å². The van der Waals surface area contributed by atoms with Gasteiger partial charge in [-0.3, -0.25) is 4.79 Å². The van der Waals surface area contributed by atoms with Crippen LogP contribution in [0.2, 0.25) is 0 Å². The molecule has 5 nitrogen and oxygen atoms in total. The molecule has 0 spiro atoms. The molecule has 0 radical (unpaired) electrons. The molecule has 96 valence electrons. The van der Waals surface area contributed by atoms with Crippen molar-refractivity contribution in [3.63, 3.8) is 0 Å². The maximum atomic E-state index is 12.3. The summed E-state index contributed by atoms with van der Waals surface area (Å²) in [7, 11) is 0. The molecule has 1 amide bonds. The van der Waals surface area contributed by atoms with Gasteiger partial charge in [0.25, 0.3) is 0 Å². The normalized spacial score (nSPS) is 11.5. The van der Waals surface area contributed by atoms with Crippen LogP contribution in [0.1, 0.15) is 33.6 Å². The zero-order valence-corrected chi connectivity index (χ0v) is 10.9. The van der Waals surface area contributed by atoms with Gasteiger partial charge in [-0.2, -0.15) is 5.10 Å². The molecule has 1 aromatic heterocycles. The Bertz CT molecular complexity index is 360. The molecule has 0 fully saturated rings. The third-order valence-corrected chi connectivity index (χ3v) is 3.48. The molecule has 0 aromatic carbocycles. The lowest BCUT2D eigenvalue weighted by Gasteiger charge is -2.28. The van der Waals surface area contributed by atoms with Gasteiger partial charge < -0.3 is 11.1 Å². The van der Waals surface area contributed by atoms with E-state index in [0.717, 1.165) is 25.2 Å². The fourth-order valence-electron chi connectivity index (χ4n) is 1.89. The summed E-state index contributed by atoms with van der Waals surface area (Å²) in [5.74, 6) is 0.720. The number of nitrogens with two attached hydrogens (primary N) is 1. The number of aryl methyl sites for hydroxylation is 1. The van der Waals surface area contributed by atoms with Crippen molar-refractivity contribution in [1.29, 1.82) is 0 Å². The van der Waals surface area contributed by atoms with Gasteiger partial charge in [-0.25, -0.2) is 4.68 Å². The van der Waals surface area contributed by atoms with Crippen LogP contribution < -0.4 is 11.1 Å². The van der Waals surface area contributed by atoms with Crippen LogP contribution in [-0.4, -0.2) is 22.2 Å². The van der Waals surface area contributed by atoms with Gasteiger partial charge in [-0.05, 0) is 19.8 Å². The Morgan fingerprint density at radius 1 is 1.47 bits per heavy atom.